The molecule has 2 atom stereocenters. The summed E-state index contributed by atoms with van der Waals surface area (Å²) >= 11 is 0. The van der Waals surface area contributed by atoms with Crippen LogP contribution in [0.4, 0.5) is 0 Å². The van der Waals surface area contributed by atoms with E-state index in [0.717, 1.165) is 12.0 Å². The zero-order valence-corrected chi connectivity index (χ0v) is 18.0. The SMILES string of the molecule is COc1cc(C)ccc1C(=O)N1CCOCC1CNC(=O)C(C)CC(C)(C)C. The highest BCUT2D eigenvalue weighted by atomic mass is 16.5. The predicted octanol–water partition coefficient (Wildman–Crippen LogP) is 3.03. The number of ether oxygens (including phenoxy) is 2. The van der Waals surface area contributed by atoms with Crippen molar-refractivity contribution in [3.8, 4) is 5.75 Å². The molecule has 156 valence electrons. The van der Waals surface area contributed by atoms with Crippen LogP contribution in [0.5, 0.6) is 5.75 Å². The Balaban J connectivity index is 2.06. The Labute approximate surface area is 168 Å². The molecule has 6 nitrogen and oxygen atoms in total. The Morgan fingerprint density at radius 1 is 1.36 bits per heavy atom. The summed E-state index contributed by atoms with van der Waals surface area (Å²) in [6.07, 6.45) is 0.809. The van der Waals surface area contributed by atoms with Gasteiger partial charge in [-0.1, -0.05) is 33.8 Å². The van der Waals surface area contributed by atoms with Crippen LogP contribution in [-0.2, 0) is 9.53 Å². The normalized spacial score (nSPS) is 18.5. The van der Waals surface area contributed by atoms with Gasteiger partial charge in [0.05, 0.1) is 31.9 Å². The third-order valence-corrected chi connectivity index (χ3v) is 4.95. The number of hydrogen-bond acceptors (Lipinski definition) is 4. The molecule has 2 amide bonds. The smallest absolute Gasteiger partial charge is 0.258 e. The van der Waals surface area contributed by atoms with Crippen molar-refractivity contribution in [1.29, 1.82) is 0 Å². The van der Waals surface area contributed by atoms with Crippen molar-refractivity contribution in [1.82, 2.24) is 10.2 Å². The summed E-state index contributed by atoms with van der Waals surface area (Å²) in [6, 6.07) is 5.37. The fourth-order valence-electron chi connectivity index (χ4n) is 3.63. The molecular formula is C22H34N2O4. The lowest BCUT2D eigenvalue weighted by Crippen LogP contribution is -2.54. The highest BCUT2D eigenvalue weighted by Crippen LogP contribution is 2.25. The zero-order chi connectivity index (χ0) is 20.9. The summed E-state index contributed by atoms with van der Waals surface area (Å²) in [6.45, 7) is 12.1. The minimum Gasteiger partial charge on any atom is -0.496 e. The molecule has 0 spiro atoms. The Bertz CT molecular complexity index is 696. The summed E-state index contributed by atoms with van der Waals surface area (Å²) in [4.78, 5) is 27.4. The number of methoxy groups -OCH3 is 1. The first-order valence-electron chi connectivity index (χ1n) is 9.93. The van der Waals surface area contributed by atoms with Gasteiger partial charge in [0.2, 0.25) is 5.91 Å². The predicted molar refractivity (Wildman–Crippen MR) is 110 cm³/mol. The van der Waals surface area contributed by atoms with E-state index in [1.54, 1.807) is 18.1 Å². The molecule has 2 unspecified atom stereocenters. The van der Waals surface area contributed by atoms with Crippen molar-refractivity contribution in [3.05, 3.63) is 29.3 Å². The van der Waals surface area contributed by atoms with Crippen LogP contribution in [-0.4, -0.2) is 56.2 Å². The minimum atomic E-state index is -0.196. The molecule has 0 radical (unpaired) electrons. The summed E-state index contributed by atoms with van der Waals surface area (Å²) < 4.78 is 11.0. The van der Waals surface area contributed by atoms with Gasteiger partial charge in [0.1, 0.15) is 5.75 Å². The maximum absolute atomic E-state index is 13.1. The lowest BCUT2D eigenvalue weighted by atomic mass is 9.85. The lowest BCUT2D eigenvalue weighted by molar-refractivity contribution is -0.125. The third kappa shape index (κ3) is 5.96. The number of hydrogen-bond donors (Lipinski definition) is 1. The van der Waals surface area contributed by atoms with E-state index in [1.165, 1.54) is 0 Å². The van der Waals surface area contributed by atoms with Gasteiger partial charge < -0.3 is 19.7 Å². The topological polar surface area (TPSA) is 67.9 Å². The Kier molecular flexibility index (Phi) is 7.47. The van der Waals surface area contributed by atoms with E-state index in [0.29, 0.717) is 37.6 Å². The number of amides is 2. The van der Waals surface area contributed by atoms with E-state index in [9.17, 15) is 9.59 Å². The molecule has 1 aromatic carbocycles. The van der Waals surface area contributed by atoms with Gasteiger partial charge in [0.15, 0.2) is 0 Å². The van der Waals surface area contributed by atoms with E-state index in [4.69, 9.17) is 9.47 Å². The number of carbonyl (C=O) groups excluding carboxylic acids is 2. The second-order valence-corrected chi connectivity index (χ2v) is 8.84. The molecule has 2 rings (SSSR count). The molecule has 0 saturated carbocycles. The number of carbonyl (C=O) groups is 2. The van der Waals surface area contributed by atoms with Crippen LogP contribution in [0.2, 0.25) is 0 Å². The minimum absolute atomic E-state index is 0.0146. The van der Waals surface area contributed by atoms with E-state index in [2.05, 4.69) is 26.1 Å². The highest BCUT2D eigenvalue weighted by Gasteiger charge is 2.30. The summed E-state index contributed by atoms with van der Waals surface area (Å²) in [7, 11) is 1.57. The van der Waals surface area contributed by atoms with Crippen LogP contribution < -0.4 is 10.1 Å². The first-order valence-corrected chi connectivity index (χ1v) is 9.93. The molecule has 28 heavy (non-hydrogen) atoms. The summed E-state index contributed by atoms with van der Waals surface area (Å²) in [5.41, 5.74) is 1.66. The third-order valence-electron chi connectivity index (χ3n) is 4.95. The first-order chi connectivity index (χ1) is 13.1. The maximum Gasteiger partial charge on any atom is 0.258 e. The molecule has 1 N–H and O–H groups in total. The number of rotatable bonds is 6. The molecule has 6 heteroatoms. The number of benzene rings is 1. The van der Waals surface area contributed by atoms with Crippen molar-refractivity contribution >= 4 is 11.8 Å². The number of morpholine rings is 1. The van der Waals surface area contributed by atoms with E-state index >= 15 is 0 Å². The number of aryl methyl sites for hydroxylation is 1. The van der Waals surface area contributed by atoms with Crippen molar-refractivity contribution in [2.24, 2.45) is 11.3 Å². The average molecular weight is 391 g/mol. The molecule has 1 saturated heterocycles. The largest absolute Gasteiger partial charge is 0.496 e. The molecule has 1 heterocycles. The van der Waals surface area contributed by atoms with Crippen molar-refractivity contribution in [3.63, 3.8) is 0 Å². The molecule has 0 aliphatic carbocycles. The Morgan fingerprint density at radius 3 is 2.71 bits per heavy atom. The number of nitrogens with one attached hydrogen (secondary N) is 1. The van der Waals surface area contributed by atoms with Crippen LogP contribution in [0.15, 0.2) is 18.2 Å². The van der Waals surface area contributed by atoms with Crippen LogP contribution in [0.3, 0.4) is 0 Å². The van der Waals surface area contributed by atoms with Gasteiger partial charge in [0.25, 0.3) is 5.91 Å². The van der Waals surface area contributed by atoms with Crippen LogP contribution in [0.25, 0.3) is 0 Å². The van der Waals surface area contributed by atoms with Crippen molar-refractivity contribution in [2.45, 2.75) is 47.1 Å². The fraction of sp³-hybridized carbons (Fsp3) is 0.636. The highest BCUT2D eigenvalue weighted by molar-refractivity contribution is 5.97. The Morgan fingerprint density at radius 2 is 2.07 bits per heavy atom. The summed E-state index contributed by atoms with van der Waals surface area (Å²) in [5.74, 6) is 0.409. The van der Waals surface area contributed by atoms with Gasteiger partial charge in [-0.05, 0) is 36.5 Å². The molecule has 0 aromatic heterocycles. The van der Waals surface area contributed by atoms with Gasteiger partial charge in [-0.25, -0.2) is 0 Å². The quantitative estimate of drug-likeness (QED) is 0.811. The van der Waals surface area contributed by atoms with Gasteiger partial charge >= 0.3 is 0 Å². The van der Waals surface area contributed by atoms with Crippen LogP contribution in [0, 0.1) is 18.3 Å². The fourth-order valence-corrected chi connectivity index (χ4v) is 3.63. The van der Waals surface area contributed by atoms with E-state index < -0.39 is 0 Å². The monoisotopic (exact) mass is 390 g/mol. The molecular weight excluding hydrogens is 356 g/mol. The Hall–Kier alpha value is -2.08. The van der Waals surface area contributed by atoms with Crippen LogP contribution in [0.1, 0.15) is 50.0 Å². The molecule has 1 aromatic rings. The summed E-state index contributed by atoms with van der Waals surface area (Å²) in [5, 5.41) is 3.00. The van der Waals surface area contributed by atoms with E-state index in [-0.39, 0.29) is 29.2 Å². The van der Waals surface area contributed by atoms with E-state index in [1.807, 2.05) is 26.0 Å². The lowest BCUT2D eigenvalue weighted by Gasteiger charge is -2.36. The number of nitrogens with zero attached hydrogens (tertiary/aromatic N) is 1. The van der Waals surface area contributed by atoms with Gasteiger partial charge in [-0.15, -0.1) is 0 Å². The zero-order valence-electron chi connectivity index (χ0n) is 18.0. The van der Waals surface area contributed by atoms with Gasteiger partial charge in [-0.2, -0.15) is 0 Å². The van der Waals surface area contributed by atoms with Crippen molar-refractivity contribution < 1.29 is 19.1 Å². The maximum atomic E-state index is 13.1. The molecule has 1 aliphatic heterocycles. The standard InChI is InChI=1S/C22H34N2O4/c1-15-7-8-18(19(11-15)27-6)21(26)24-9-10-28-14-17(24)13-23-20(25)16(2)12-22(3,4)5/h7-8,11,16-17H,9-10,12-14H2,1-6H3,(H,23,25). The average Bonchev–Trinajstić information content (AvgIpc) is 2.64. The molecule has 1 fully saturated rings. The first kappa shape index (κ1) is 22.2. The second-order valence-electron chi connectivity index (χ2n) is 8.84. The van der Waals surface area contributed by atoms with Crippen molar-refractivity contribution in [2.75, 3.05) is 33.4 Å². The molecule has 0 bridgehead atoms. The van der Waals surface area contributed by atoms with Crippen LogP contribution >= 0.6 is 0 Å². The molecule has 1 aliphatic rings. The second kappa shape index (κ2) is 9.41. The van der Waals surface area contributed by atoms with Gasteiger partial charge in [0, 0.05) is 19.0 Å². The van der Waals surface area contributed by atoms with Gasteiger partial charge in [-0.3, -0.25) is 9.59 Å².